The van der Waals surface area contributed by atoms with Gasteiger partial charge in [-0.05, 0) is 123 Å². The summed E-state index contributed by atoms with van der Waals surface area (Å²) in [5, 5.41) is 2.53. The van der Waals surface area contributed by atoms with Crippen molar-refractivity contribution >= 4 is 21.8 Å². The first-order valence-corrected chi connectivity index (χ1v) is 17.8. The zero-order chi connectivity index (χ0) is 34.5. The number of hydrogen-bond donors (Lipinski definition) is 1. The molecule has 0 aliphatic carbocycles. The van der Waals surface area contributed by atoms with Crippen molar-refractivity contribution in [2.45, 2.75) is 79.1 Å². The topological polar surface area (TPSA) is 28.7 Å². The summed E-state index contributed by atoms with van der Waals surface area (Å²) >= 11 is 0. The number of pyridine rings is 1. The lowest BCUT2D eigenvalue weighted by Crippen LogP contribution is -2.11. The lowest BCUT2D eigenvalue weighted by Gasteiger charge is -2.21. The van der Waals surface area contributed by atoms with Crippen molar-refractivity contribution in [2.24, 2.45) is 0 Å². The number of aromatic amines is 1. The van der Waals surface area contributed by atoms with Crippen LogP contribution in [0.2, 0.25) is 0 Å². The van der Waals surface area contributed by atoms with Crippen LogP contribution in [0, 0.1) is 0 Å². The fourth-order valence-corrected chi connectivity index (χ4v) is 6.82. The van der Waals surface area contributed by atoms with Crippen molar-refractivity contribution in [3.8, 4) is 44.8 Å². The quantitative estimate of drug-likeness (QED) is 0.192. The van der Waals surface area contributed by atoms with Gasteiger partial charge in [-0.2, -0.15) is 0 Å². The van der Waals surface area contributed by atoms with E-state index >= 15 is 0 Å². The van der Waals surface area contributed by atoms with Crippen molar-refractivity contribution in [1.82, 2.24) is 9.97 Å². The van der Waals surface area contributed by atoms with E-state index in [1.807, 2.05) is 0 Å². The highest BCUT2D eigenvalue weighted by molar-refractivity contribution is 6.12. The first-order valence-electron chi connectivity index (χ1n) is 17.8. The molecule has 5 aromatic carbocycles. The summed E-state index contributed by atoms with van der Waals surface area (Å²) in [4.78, 5) is 9.22. The molecule has 246 valence electrons. The Morgan fingerprint density at radius 2 is 1.02 bits per heavy atom. The summed E-state index contributed by atoms with van der Waals surface area (Å²) in [6.07, 6.45) is 2.06. The highest BCUT2D eigenvalue weighted by Gasteiger charge is 2.22. The Hall–Kier alpha value is -4.95. The van der Waals surface area contributed by atoms with Gasteiger partial charge < -0.3 is 4.98 Å². The number of aromatic nitrogens is 2. The van der Waals surface area contributed by atoms with Gasteiger partial charge in [-0.1, -0.05) is 116 Å². The number of fused-ring (bicyclic) bond motifs is 3. The molecule has 2 aromatic heterocycles. The zero-order valence-corrected chi connectivity index (χ0v) is 30.3. The van der Waals surface area contributed by atoms with E-state index in [2.05, 4.69) is 176 Å². The molecule has 2 nitrogen and oxygen atoms in total. The van der Waals surface area contributed by atoms with Crippen molar-refractivity contribution in [2.75, 3.05) is 0 Å². The van der Waals surface area contributed by atoms with Crippen molar-refractivity contribution < 1.29 is 0 Å². The Balaban J connectivity index is 1.41. The number of hydrogen-bond acceptors (Lipinski definition) is 1. The van der Waals surface area contributed by atoms with Gasteiger partial charge in [0.1, 0.15) is 0 Å². The molecule has 0 bridgehead atoms. The Labute approximate surface area is 292 Å². The molecule has 7 rings (SSSR count). The van der Waals surface area contributed by atoms with Crippen LogP contribution in [0.4, 0.5) is 0 Å². The minimum atomic E-state index is -0.0182. The van der Waals surface area contributed by atoms with Gasteiger partial charge in [0.25, 0.3) is 0 Å². The number of benzene rings is 5. The summed E-state index contributed by atoms with van der Waals surface area (Å²) in [6, 6.07) is 43.0. The van der Waals surface area contributed by atoms with E-state index < -0.39 is 0 Å². The summed E-state index contributed by atoms with van der Waals surface area (Å²) in [5.41, 5.74) is 16.7. The minimum Gasteiger partial charge on any atom is -0.354 e. The number of H-pyrrole nitrogens is 1. The molecular weight excluding hydrogens is 593 g/mol. The van der Waals surface area contributed by atoms with Crippen LogP contribution >= 0.6 is 0 Å². The molecule has 7 aromatic rings. The molecule has 1 N–H and O–H groups in total. The SMILES string of the molecule is CCc1ccc(-c2cc(-c3ccc(CC)cc3)cc(-c3cccc(-c4cc(C(C)(C)C)cc5c4[nH]c4ccc(C(C)(C)C)cc45)n3)c2)cc1. The molecule has 0 atom stereocenters. The van der Waals surface area contributed by atoms with Crippen molar-refractivity contribution in [3.63, 3.8) is 0 Å². The lowest BCUT2D eigenvalue weighted by molar-refractivity contribution is 0.590. The Morgan fingerprint density at radius 3 is 1.57 bits per heavy atom. The van der Waals surface area contributed by atoms with E-state index in [1.165, 1.54) is 55.3 Å². The molecule has 0 saturated carbocycles. The molecule has 2 heterocycles. The number of nitrogens with one attached hydrogen (secondary N) is 1. The molecule has 0 amide bonds. The second-order valence-electron chi connectivity index (χ2n) is 15.6. The van der Waals surface area contributed by atoms with Gasteiger partial charge in [-0.25, -0.2) is 4.98 Å². The van der Waals surface area contributed by atoms with Crippen LogP contribution in [-0.4, -0.2) is 9.97 Å². The molecule has 0 radical (unpaired) electrons. The summed E-state index contributed by atoms with van der Waals surface area (Å²) in [6.45, 7) is 18.1. The smallest absolute Gasteiger partial charge is 0.0730 e. The second kappa shape index (κ2) is 12.5. The molecule has 0 aliphatic heterocycles. The molecule has 0 aliphatic rings. The predicted molar refractivity (Wildman–Crippen MR) is 211 cm³/mol. The lowest BCUT2D eigenvalue weighted by atomic mass is 9.83. The van der Waals surface area contributed by atoms with Crippen molar-refractivity contribution in [3.05, 3.63) is 138 Å². The summed E-state index contributed by atoms with van der Waals surface area (Å²) in [7, 11) is 0. The third-order valence-corrected chi connectivity index (χ3v) is 10.1. The molecule has 49 heavy (non-hydrogen) atoms. The van der Waals surface area contributed by atoms with Crippen LogP contribution in [0.15, 0.2) is 115 Å². The molecule has 0 spiro atoms. The van der Waals surface area contributed by atoms with E-state index in [0.717, 1.165) is 46.4 Å². The standard InChI is InChI=1S/C47H48N2/c1-9-30-14-18-32(19-15-30)34-24-35(33-20-16-31(10-2)17-21-33)26-36(25-34)42-12-11-13-43(48-42)41-29-38(47(6,7)8)28-40-39-27-37(46(3,4)5)22-23-44(39)49-45(40)41/h11-29,49H,9-10H2,1-8H3. The Morgan fingerprint density at radius 1 is 0.490 bits per heavy atom. The maximum absolute atomic E-state index is 5.42. The maximum Gasteiger partial charge on any atom is 0.0730 e. The molecule has 0 unspecified atom stereocenters. The predicted octanol–water partition coefficient (Wildman–Crippen LogP) is 13.1. The summed E-state index contributed by atoms with van der Waals surface area (Å²) in [5.74, 6) is 0. The first-order chi connectivity index (χ1) is 23.4. The average Bonchev–Trinajstić information content (AvgIpc) is 3.48. The van der Waals surface area contributed by atoms with Crippen LogP contribution in [0.3, 0.4) is 0 Å². The van der Waals surface area contributed by atoms with Crippen LogP contribution in [0.1, 0.15) is 77.6 Å². The molecule has 2 heteroatoms. The van der Waals surface area contributed by atoms with Gasteiger partial charge >= 0.3 is 0 Å². The molecular formula is C47H48N2. The van der Waals surface area contributed by atoms with Crippen molar-refractivity contribution in [1.29, 1.82) is 0 Å². The van der Waals surface area contributed by atoms with Crippen LogP contribution in [0.5, 0.6) is 0 Å². The zero-order valence-electron chi connectivity index (χ0n) is 30.3. The molecule has 0 saturated heterocycles. The minimum absolute atomic E-state index is 0.0182. The highest BCUT2D eigenvalue weighted by atomic mass is 14.7. The highest BCUT2D eigenvalue weighted by Crippen LogP contribution is 2.40. The average molecular weight is 641 g/mol. The van der Waals surface area contributed by atoms with Crippen LogP contribution in [-0.2, 0) is 23.7 Å². The van der Waals surface area contributed by atoms with Gasteiger partial charge in [-0.3, -0.25) is 0 Å². The number of rotatable bonds is 6. The maximum atomic E-state index is 5.42. The van der Waals surface area contributed by atoms with Gasteiger partial charge in [0, 0.05) is 27.4 Å². The fourth-order valence-electron chi connectivity index (χ4n) is 6.82. The Kier molecular flexibility index (Phi) is 8.31. The van der Waals surface area contributed by atoms with E-state index in [1.54, 1.807) is 0 Å². The van der Waals surface area contributed by atoms with Gasteiger partial charge in [0.2, 0.25) is 0 Å². The third kappa shape index (κ3) is 6.45. The second-order valence-corrected chi connectivity index (χ2v) is 15.6. The van der Waals surface area contributed by atoms with E-state index in [0.29, 0.717) is 0 Å². The fraction of sp³-hybridized carbons (Fsp3) is 0.255. The largest absolute Gasteiger partial charge is 0.354 e. The van der Waals surface area contributed by atoms with E-state index in [-0.39, 0.29) is 10.8 Å². The van der Waals surface area contributed by atoms with Crippen LogP contribution < -0.4 is 0 Å². The summed E-state index contributed by atoms with van der Waals surface area (Å²) < 4.78 is 0. The normalized spacial score (nSPS) is 12.2. The van der Waals surface area contributed by atoms with E-state index in [9.17, 15) is 0 Å². The Bertz CT molecular complexity index is 2220. The third-order valence-electron chi connectivity index (χ3n) is 10.1. The van der Waals surface area contributed by atoms with E-state index in [4.69, 9.17) is 4.98 Å². The van der Waals surface area contributed by atoms with Crippen LogP contribution in [0.25, 0.3) is 66.6 Å². The first kappa shape index (κ1) is 32.6. The number of nitrogens with zero attached hydrogens (tertiary/aromatic N) is 1. The monoisotopic (exact) mass is 640 g/mol. The van der Waals surface area contributed by atoms with Gasteiger partial charge in [-0.15, -0.1) is 0 Å². The molecule has 0 fully saturated rings. The number of aryl methyl sites for hydroxylation is 2. The van der Waals surface area contributed by atoms with Gasteiger partial charge in [0.15, 0.2) is 0 Å². The van der Waals surface area contributed by atoms with Gasteiger partial charge in [0.05, 0.1) is 16.9 Å².